The molecule has 1 heterocycles. The van der Waals surface area contributed by atoms with Crippen LogP contribution in [-0.4, -0.2) is 32.5 Å². The third-order valence-electron chi connectivity index (χ3n) is 1.69. The fraction of sp³-hybridized carbons (Fsp3) is 0.429. The summed E-state index contributed by atoms with van der Waals surface area (Å²) >= 11 is 1.07. The van der Waals surface area contributed by atoms with Gasteiger partial charge >= 0.3 is 73.0 Å². The van der Waals surface area contributed by atoms with Gasteiger partial charge < -0.3 is 0 Å². The van der Waals surface area contributed by atoms with E-state index in [4.69, 9.17) is 0 Å². The summed E-state index contributed by atoms with van der Waals surface area (Å²) in [7, 11) is 0. The van der Waals surface area contributed by atoms with Gasteiger partial charge in [-0.1, -0.05) is 0 Å². The summed E-state index contributed by atoms with van der Waals surface area (Å²) in [5, 5.41) is 0. The molecule has 2 radical (unpaired) electrons. The molecule has 0 unspecified atom stereocenters. The molecular weight excluding hydrogens is 231 g/mol. The van der Waals surface area contributed by atoms with Gasteiger partial charge in [0.05, 0.1) is 0 Å². The molecule has 0 N–H and O–H groups in total. The summed E-state index contributed by atoms with van der Waals surface area (Å²) in [6, 6.07) is 0. The van der Waals surface area contributed by atoms with Crippen molar-refractivity contribution in [2.24, 2.45) is 0 Å². The van der Waals surface area contributed by atoms with Crippen molar-refractivity contribution >= 4 is 26.2 Å². The molecule has 1 saturated carbocycles. The van der Waals surface area contributed by atoms with Gasteiger partial charge in [-0.25, -0.2) is 0 Å². The molecule has 2 rings (SSSR count). The quantitative estimate of drug-likeness (QED) is 0.638. The Morgan fingerprint density at radius 2 is 2.10 bits per heavy atom. The average molecular weight is 239 g/mol. The fourth-order valence-corrected chi connectivity index (χ4v) is 1.36. The first-order valence-electron chi connectivity index (χ1n) is 3.43. The Bertz CT molecular complexity index is 228. The van der Waals surface area contributed by atoms with Crippen molar-refractivity contribution in [2.75, 3.05) is 0 Å². The summed E-state index contributed by atoms with van der Waals surface area (Å²) in [5.74, 6) is 0.744. The van der Waals surface area contributed by atoms with Crippen LogP contribution < -0.4 is 3.71 Å². The number of nitrogens with zero attached hydrogens (tertiary/aromatic N) is 2. The maximum absolute atomic E-state index is 4.31. The molecule has 0 amide bonds. The van der Waals surface area contributed by atoms with Gasteiger partial charge in [0, 0.05) is 0 Å². The number of hydrogen-bond acceptors (Lipinski definition) is 2. The van der Waals surface area contributed by atoms with Gasteiger partial charge in [0.15, 0.2) is 0 Å². The first-order valence-corrected chi connectivity index (χ1v) is 5.08. The topological polar surface area (TPSA) is 25.8 Å². The van der Waals surface area contributed by atoms with Gasteiger partial charge in [0.25, 0.3) is 0 Å². The van der Waals surface area contributed by atoms with E-state index >= 15 is 0 Å². The number of hydrogen-bond donors (Lipinski definition) is 0. The molecule has 1 aliphatic carbocycles. The Kier molecular flexibility index (Phi) is 1.64. The zero-order chi connectivity index (χ0) is 6.97. The molecule has 0 spiro atoms. The molecule has 50 valence electrons. The molecule has 0 saturated heterocycles. The van der Waals surface area contributed by atoms with Gasteiger partial charge in [0.1, 0.15) is 0 Å². The third kappa shape index (κ3) is 1.31. The van der Waals surface area contributed by atoms with E-state index in [9.17, 15) is 0 Å². The second kappa shape index (κ2) is 2.49. The number of rotatable bonds is 1. The van der Waals surface area contributed by atoms with E-state index in [1.807, 2.05) is 12.4 Å². The Labute approximate surface area is 73.2 Å². The van der Waals surface area contributed by atoms with Crippen LogP contribution in [0.4, 0.5) is 0 Å². The molecular formula is C7H8N2Sn. The molecule has 1 aliphatic rings. The van der Waals surface area contributed by atoms with Crippen LogP contribution in [-0.2, 0) is 0 Å². The minimum absolute atomic E-state index is 0.744. The van der Waals surface area contributed by atoms with E-state index in [1.165, 1.54) is 18.5 Å². The zero-order valence-corrected chi connectivity index (χ0v) is 8.91. The van der Waals surface area contributed by atoms with E-state index in [-0.39, 0.29) is 0 Å². The molecule has 1 fully saturated rings. The Morgan fingerprint density at radius 1 is 1.30 bits per heavy atom. The van der Waals surface area contributed by atoms with Crippen LogP contribution in [0, 0.1) is 0 Å². The van der Waals surface area contributed by atoms with E-state index < -0.39 is 0 Å². The molecule has 3 heteroatoms. The van der Waals surface area contributed by atoms with Gasteiger partial charge in [0.2, 0.25) is 0 Å². The summed E-state index contributed by atoms with van der Waals surface area (Å²) in [6.07, 6.45) is 6.45. The van der Waals surface area contributed by atoms with Crippen molar-refractivity contribution in [3.63, 3.8) is 0 Å². The van der Waals surface area contributed by atoms with Crippen LogP contribution >= 0.6 is 0 Å². The maximum atomic E-state index is 4.31. The van der Waals surface area contributed by atoms with Crippen molar-refractivity contribution in [1.82, 2.24) is 9.97 Å². The second-order valence-corrected chi connectivity index (χ2v) is 4.33. The predicted octanol–water partition coefficient (Wildman–Crippen LogP) is -0.120. The normalized spacial score (nSPS) is 17.3. The van der Waals surface area contributed by atoms with Crippen LogP contribution in [0.2, 0.25) is 0 Å². The van der Waals surface area contributed by atoms with E-state index in [1.54, 1.807) is 0 Å². The summed E-state index contributed by atoms with van der Waals surface area (Å²) in [5.41, 5.74) is 1.19. The standard InChI is InChI=1S/C7H7N2.Sn.H/c1-2-6(1)7-5-8-3-4-9-7;;/h4-6H,1-2H2;;. The predicted molar refractivity (Wildman–Crippen MR) is 40.8 cm³/mol. The molecule has 0 aliphatic heterocycles. The van der Waals surface area contributed by atoms with Crippen molar-refractivity contribution in [1.29, 1.82) is 0 Å². The molecule has 0 atom stereocenters. The first-order chi connectivity index (χ1) is 4.86. The zero-order valence-electron chi connectivity index (χ0n) is 5.62. The van der Waals surface area contributed by atoms with Crippen molar-refractivity contribution in [3.05, 3.63) is 18.1 Å². The van der Waals surface area contributed by atoms with E-state index in [0.717, 1.165) is 32.2 Å². The van der Waals surface area contributed by atoms with Crippen molar-refractivity contribution in [2.45, 2.75) is 18.8 Å². The van der Waals surface area contributed by atoms with Gasteiger partial charge in [-0.15, -0.1) is 0 Å². The number of aromatic nitrogens is 2. The summed E-state index contributed by atoms with van der Waals surface area (Å²) in [6.45, 7) is 0. The first kappa shape index (κ1) is 6.58. The van der Waals surface area contributed by atoms with Crippen LogP contribution in [0.25, 0.3) is 0 Å². The summed E-state index contributed by atoms with van der Waals surface area (Å²) in [4.78, 5) is 8.55. The Balaban J connectivity index is 2.28. The molecule has 0 aromatic carbocycles. The van der Waals surface area contributed by atoms with Crippen LogP contribution in [0.15, 0.2) is 12.4 Å². The second-order valence-electron chi connectivity index (χ2n) is 2.64. The van der Waals surface area contributed by atoms with Crippen molar-refractivity contribution in [3.8, 4) is 0 Å². The molecule has 0 bridgehead atoms. The van der Waals surface area contributed by atoms with Gasteiger partial charge in [-0.05, 0) is 0 Å². The average Bonchev–Trinajstić information content (AvgIpc) is 2.71. The molecule has 2 nitrogen and oxygen atoms in total. The SMILES string of the molecule is [SnH][c]1cnc(C2CC2)cn1. The fourth-order valence-electron chi connectivity index (χ4n) is 0.938. The Morgan fingerprint density at radius 3 is 2.60 bits per heavy atom. The molecule has 1 aromatic rings. The van der Waals surface area contributed by atoms with Crippen molar-refractivity contribution < 1.29 is 0 Å². The third-order valence-corrected chi connectivity index (χ3v) is 2.54. The van der Waals surface area contributed by atoms with Gasteiger partial charge in [-0.3, -0.25) is 0 Å². The molecule has 10 heavy (non-hydrogen) atoms. The molecule has 1 aromatic heterocycles. The minimum atomic E-state index is 0.744. The summed E-state index contributed by atoms with van der Waals surface area (Å²) < 4.78 is 1.13. The van der Waals surface area contributed by atoms with Crippen LogP contribution in [0.3, 0.4) is 0 Å². The Hall–Kier alpha value is -0.121. The van der Waals surface area contributed by atoms with Crippen LogP contribution in [0.1, 0.15) is 24.5 Å². The van der Waals surface area contributed by atoms with Gasteiger partial charge in [-0.2, -0.15) is 0 Å². The van der Waals surface area contributed by atoms with E-state index in [0.29, 0.717) is 0 Å². The van der Waals surface area contributed by atoms with E-state index in [2.05, 4.69) is 9.97 Å². The monoisotopic (exact) mass is 240 g/mol. The van der Waals surface area contributed by atoms with Crippen LogP contribution in [0.5, 0.6) is 0 Å².